The van der Waals surface area contributed by atoms with Crippen molar-refractivity contribution < 1.29 is 4.52 Å². The Morgan fingerprint density at radius 3 is 3.09 bits per heavy atom. The van der Waals surface area contributed by atoms with Crippen molar-refractivity contribution >= 4 is 17.4 Å². The summed E-state index contributed by atoms with van der Waals surface area (Å²) in [6.07, 6.45) is 0.654. The Morgan fingerprint density at radius 2 is 2.55 bits per heavy atom. The standard InChI is InChI=1S/C6H7N3OS/c1-5-8-6(9-10-5)2-3-7-4-11/h2-3H2,1H3. The molecule has 0 aromatic carbocycles. The second kappa shape index (κ2) is 3.95. The van der Waals surface area contributed by atoms with Crippen molar-refractivity contribution in [2.75, 3.05) is 6.54 Å². The lowest BCUT2D eigenvalue weighted by molar-refractivity contribution is 0.387. The molecule has 0 aliphatic rings. The molecule has 1 aromatic heterocycles. The van der Waals surface area contributed by atoms with Crippen LogP contribution in [0.1, 0.15) is 11.7 Å². The van der Waals surface area contributed by atoms with Crippen molar-refractivity contribution in [3.8, 4) is 0 Å². The van der Waals surface area contributed by atoms with Gasteiger partial charge in [-0.3, -0.25) is 0 Å². The summed E-state index contributed by atoms with van der Waals surface area (Å²) in [5, 5.41) is 5.95. The Bertz CT molecular complexity index is 277. The number of aryl methyl sites for hydroxylation is 1. The minimum Gasteiger partial charge on any atom is -0.340 e. The molecule has 5 heteroatoms. The van der Waals surface area contributed by atoms with E-state index in [1.807, 2.05) is 0 Å². The van der Waals surface area contributed by atoms with E-state index >= 15 is 0 Å². The van der Waals surface area contributed by atoms with Gasteiger partial charge >= 0.3 is 0 Å². The molecule has 0 saturated heterocycles. The van der Waals surface area contributed by atoms with E-state index in [0.717, 1.165) is 0 Å². The maximum absolute atomic E-state index is 4.75. The number of rotatable bonds is 3. The highest BCUT2D eigenvalue weighted by atomic mass is 32.1. The van der Waals surface area contributed by atoms with Crippen LogP contribution >= 0.6 is 12.2 Å². The van der Waals surface area contributed by atoms with E-state index in [0.29, 0.717) is 24.7 Å². The first kappa shape index (κ1) is 8.04. The normalized spacial score (nSPS) is 9.18. The minimum absolute atomic E-state index is 0.572. The zero-order valence-corrected chi connectivity index (χ0v) is 6.89. The summed E-state index contributed by atoms with van der Waals surface area (Å²) in [7, 11) is 0. The third-order valence-electron chi connectivity index (χ3n) is 1.08. The Hall–Kier alpha value is -1.06. The van der Waals surface area contributed by atoms with E-state index in [1.54, 1.807) is 6.92 Å². The van der Waals surface area contributed by atoms with Crippen molar-refractivity contribution in [1.29, 1.82) is 0 Å². The van der Waals surface area contributed by atoms with Crippen LogP contribution < -0.4 is 0 Å². The highest BCUT2D eigenvalue weighted by Gasteiger charge is 1.99. The van der Waals surface area contributed by atoms with E-state index in [4.69, 9.17) is 4.52 Å². The summed E-state index contributed by atoms with van der Waals surface area (Å²) in [6.45, 7) is 2.32. The zero-order valence-electron chi connectivity index (χ0n) is 6.07. The zero-order chi connectivity index (χ0) is 8.10. The molecular weight excluding hydrogens is 162 g/mol. The lowest BCUT2D eigenvalue weighted by Crippen LogP contribution is -1.91. The van der Waals surface area contributed by atoms with Gasteiger partial charge in [0.1, 0.15) is 0 Å². The number of nitrogens with zero attached hydrogens (tertiary/aromatic N) is 3. The van der Waals surface area contributed by atoms with Gasteiger partial charge in [0.15, 0.2) is 5.82 Å². The van der Waals surface area contributed by atoms with Gasteiger partial charge in [0.05, 0.1) is 11.7 Å². The Labute approximate surface area is 69.3 Å². The fourth-order valence-corrected chi connectivity index (χ4v) is 0.736. The quantitative estimate of drug-likeness (QED) is 0.500. The summed E-state index contributed by atoms with van der Waals surface area (Å²) in [5.74, 6) is 1.24. The summed E-state index contributed by atoms with van der Waals surface area (Å²) in [5.41, 5.74) is 0. The van der Waals surface area contributed by atoms with Crippen LogP contribution in [0.25, 0.3) is 0 Å². The van der Waals surface area contributed by atoms with E-state index in [1.165, 1.54) is 0 Å². The molecule has 1 aromatic rings. The SMILES string of the molecule is Cc1nc(CCN=C=S)no1. The van der Waals surface area contributed by atoms with Gasteiger partial charge in [0, 0.05) is 13.3 Å². The van der Waals surface area contributed by atoms with Crippen LogP contribution in [0.3, 0.4) is 0 Å². The molecule has 58 valence electrons. The second-order valence-electron chi connectivity index (χ2n) is 1.95. The van der Waals surface area contributed by atoms with Crippen molar-refractivity contribution in [2.45, 2.75) is 13.3 Å². The van der Waals surface area contributed by atoms with Crippen molar-refractivity contribution in [2.24, 2.45) is 4.99 Å². The van der Waals surface area contributed by atoms with Crippen LogP contribution in [0, 0.1) is 6.92 Å². The molecule has 0 atom stereocenters. The molecule has 1 heterocycles. The molecule has 0 amide bonds. The minimum atomic E-state index is 0.572. The van der Waals surface area contributed by atoms with Gasteiger partial charge in [0.25, 0.3) is 0 Å². The molecule has 1 rings (SSSR count). The summed E-state index contributed by atoms with van der Waals surface area (Å²) in [4.78, 5) is 7.70. The molecule has 0 bridgehead atoms. The third kappa shape index (κ3) is 2.57. The van der Waals surface area contributed by atoms with E-state index in [2.05, 4.69) is 32.5 Å². The van der Waals surface area contributed by atoms with Gasteiger partial charge < -0.3 is 4.52 Å². The lowest BCUT2D eigenvalue weighted by atomic mass is 10.4. The van der Waals surface area contributed by atoms with Crippen LogP contribution in [0.5, 0.6) is 0 Å². The second-order valence-corrected chi connectivity index (χ2v) is 2.14. The number of thiocarbonyl (C=S) groups is 1. The highest BCUT2D eigenvalue weighted by Crippen LogP contribution is 1.95. The monoisotopic (exact) mass is 169 g/mol. The van der Waals surface area contributed by atoms with Gasteiger partial charge in [-0.2, -0.15) is 4.98 Å². The van der Waals surface area contributed by atoms with E-state index in [-0.39, 0.29) is 0 Å². The van der Waals surface area contributed by atoms with Gasteiger partial charge in [-0.25, -0.2) is 4.99 Å². The topological polar surface area (TPSA) is 51.3 Å². The van der Waals surface area contributed by atoms with Crippen molar-refractivity contribution in [1.82, 2.24) is 10.1 Å². The predicted molar refractivity (Wildman–Crippen MR) is 42.6 cm³/mol. The Morgan fingerprint density at radius 1 is 1.73 bits per heavy atom. The first-order valence-electron chi connectivity index (χ1n) is 3.16. The molecule has 0 radical (unpaired) electrons. The third-order valence-corrected chi connectivity index (χ3v) is 1.21. The van der Waals surface area contributed by atoms with Gasteiger partial charge in [-0.1, -0.05) is 5.16 Å². The summed E-state index contributed by atoms with van der Waals surface area (Å²) in [6, 6.07) is 0. The first-order valence-corrected chi connectivity index (χ1v) is 3.56. The summed E-state index contributed by atoms with van der Waals surface area (Å²) < 4.78 is 4.75. The Balaban J connectivity index is 2.44. The molecule has 0 saturated carbocycles. The average molecular weight is 169 g/mol. The fraction of sp³-hybridized carbons (Fsp3) is 0.500. The van der Waals surface area contributed by atoms with Crippen LogP contribution in [-0.4, -0.2) is 21.8 Å². The van der Waals surface area contributed by atoms with Gasteiger partial charge in [0.2, 0.25) is 5.89 Å². The van der Waals surface area contributed by atoms with Gasteiger partial charge in [-0.15, -0.1) is 0 Å². The summed E-state index contributed by atoms with van der Waals surface area (Å²) >= 11 is 4.39. The highest BCUT2D eigenvalue weighted by molar-refractivity contribution is 7.78. The fourth-order valence-electron chi connectivity index (χ4n) is 0.644. The van der Waals surface area contributed by atoms with Crippen LogP contribution in [-0.2, 0) is 6.42 Å². The van der Waals surface area contributed by atoms with Gasteiger partial charge in [-0.05, 0) is 12.2 Å². The molecule has 0 unspecified atom stereocenters. The largest absolute Gasteiger partial charge is 0.340 e. The molecule has 4 nitrogen and oxygen atoms in total. The van der Waals surface area contributed by atoms with Crippen LogP contribution in [0.2, 0.25) is 0 Å². The van der Waals surface area contributed by atoms with E-state index in [9.17, 15) is 0 Å². The van der Waals surface area contributed by atoms with Crippen LogP contribution in [0.4, 0.5) is 0 Å². The molecular formula is C6H7N3OS. The van der Waals surface area contributed by atoms with E-state index < -0.39 is 0 Å². The number of aliphatic imine (C=N–C) groups is 1. The maximum Gasteiger partial charge on any atom is 0.223 e. The molecule has 0 aliphatic carbocycles. The van der Waals surface area contributed by atoms with Crippen molar-refractivity contribution in [3.05, 3.63) is 11.7 Å². The first-order chi connectivity index (χ1) is 5.33. The molecule has 0 fully saturated rings. The number of hydrogen-bond acceptors (Lipinski definition) is 5. The number of hydrogen-bond donors (Lipinski definition) is 0. The van der Waals surface area contributed by atoms with Crippen molar-refractivity contribution in [3.63, 3.8) is 0 Å². The number of aromatic nitrogens is 2. The lowest BCUT2D eigenvalue weighted by Gasteiger charge is -1.83. The number of isothiocyanates is 1. The molecule has 11 heavy (non-hydrogen) atoms. The maximum atomic E-state index is 4.75. The molecule has 0 spiro atoms. The molecule has 0 aliphatic heterocycles. The molecule has 0 N–H and O–H groups in total. The Kier molecular flexibility index (Phi) is 2.89. The predicted octanol–water partition coefficient (Wildman–Crippen LogP) is 1.02. The van der Waals surface area contributed by atoms with Crippen LogP contribution in [0.15, 0.2) is 9.52 Å². The smallest absolute Gasteiger partial charge is 0.223 e. The average Bonchev–Trinajstić information content (AvgIpc) is 2.37.